The molecule has 0 saturated heterocycles. The van der Waals surface area contributed by atoms with E-state index in [-0.39, 0.29) is 29.4 Å². The van der Waals surface area contributed by atoms with Crippen molar-refractivity contribution in [1.82, 2.24) is 0 Å². The van der Waals surface area contributed by atoms with Crippen molar-refractivity contribution in [3.8, 4) is 11.5 Å². The Labute approximate surface area is 165 Å². The number of ether oxygens (including phenoxy) is 2. The van der Waals surface area contributed by atoms with E-state index in [0.717, 1.165) is 10.9 Å². The van der Waals surface area contributed by atoms with E-state index in [4.69, 9.17) is 9.47 Å². The first-order valence-electron chi connectivity index (χ1n) is 8.52. The SMILES string of the molecule is CCOC(=O)c1cc(C(C)C)sc1NC(=O)COC(=O)c1ccc(O)cc1O. The topological polar surface area (TPSA) is 122 Å². The predicted molar refractivity (Wildman–Crippen MR) is 103 cm³/mol. The zero-order valence-corrected chi connectivity index (χ0v) is 16.5. The molecule has 0 fully saturated rings. The van der Waals surface area contributed by atoms with Gasteiger partial charge in [0.1, 0.15) is 22.1 Å². The van der Waals surface area contributed by atoms with E-state index in [9.17, 15) is 24.6 Å². The first-order chi connectivity index (χ1) is 13.2. The summed E-state index contributed by atoms with van der Waals surface area (Å²) in [4.78, 5) is 37.1. The quantitative estimate of drug-likeness (QED) is 0.602. The van der Waals surface area contributed by atoms with E-state index in [0.29, 0.717) is 5.00 Å². The Bertz CT molecular complexity index is 888. The summed E-state index contributed by atoms with van der Waals surface area (Å²) in [6.45, 7) is 5.18. The molecule has 1 aromatic carbocycles. The van der Waals surface area contributed by atoms with Crippen LogP contribution in [0.4, 0.5) is 5.00 Å². The van der Waals surface area contributed by atoms with Crippen LogP contribution >= 0.6 is 11.3 Å². The molecule has 0 atom stereocenters. The lowest BCUT2D eigenvalue weighted by Gasteiger charge is -2.08. The fourth-order valence-corrected chi connectivity index (χ4v) is 3.28. The summed E-state index contributed by atoms with van der Waals surface area (Å²) in [7, 11) is 0. The molecule has 2 aromatic rings. The second-order valence-electron chi connectivity index (χ2n) is 6.09. The van der Waals surface area contributed by atoms with Gasteiger partial charge in [-0.25, -0.2) is 9.59 Å². The number of carbonyl (C=O) groups excluding carboxylic acids is 3. The fraction of sp³-hybridized carbons (Fsp3) is 0.316. The Morgan fingerprint density at radius 3 is 2.36 bits per heavy atom. The molecule has 8 nitrogen and oxygen atoms in total. The van der Waals surface area contributed by atoms with Crippen molar-refractivity contribution in [2.24, 2.45) is 0 Å². The number of thiophene rings is 1. The van der Waals surface area contributed by atoms with Crippen molar-refractivity contribution >= 4 is 34.2 Å². The number of nitrogens with one attached hydrogen (secondary N) is 1. The van der Waals surface area contributed by atoms with Crippen molar-refractivity contribution in [1.29, 1.82) is 0 Å². The molecule has 0 aliphatic rings. The van der Waals surface area contributed by atoms with Crippen LogP contribution in [0, 0.1) is 0 Å². The van der Waals surface area contributed by atoms with E-state index in [1.807, 2.05) is 13.8 Å². The predicted octanol–water partition coefficient (Wildman–Crippen LogP) is 3.25. The van der Waals surface area contributed by atoms with Crippen molar-refractivity contribution < 1.29 is 34.1 Å². The summed E-state index contributed by atoms with van der Waals surface area (Å²) in [5.74, 6) is -2.64. The smallest absolute Gasteiger partial charge is 0.342 e. The average molecular weight is 407 g/mol. The van der Waals surface area contributed by atoms with Crippen molar-refractivity contribution in [2.75, 3.05) is 18.5 Å². The van der Waals surface area contributed by atoms with Crippen LogP contribution in [0.3, 0.4) is 0 Å². The van der Waals surface area contributed by atoms with Gasteiger partial charge in [0, 0.05) is 10.9 Å². The van der Waals surface area contributed by atoms with E-state index in [1.165, 1.54) is 23.5 Å². The number of phenolic OH excluding ortho intramolecular Hbond substituents is 2. The molecular formula is C19H21NO7S. The standard InChI is InChI=1S/C19H21NO7S/c1-4-26-19(25)13-8-15(10(2)3)28-17(13)20-16(23)9-27-18(24)12-6-5-11(21)7-14(12)22/h5-8,10,21-22H,4,9H2,1-3H3,(H,20,23). The Morgan fingerprint density at radius 1 is 1.07 bits per heavy atom. The van der Waals surface area contributed by atoms with Crippen LogP contribution in [-0.4, -0.2) is 41.3 Å². The lowest BCUT2D eigenvalue weighted by atomic mass is 10.1. The number of carbonyl (C=O) groups is 3. The molecular weight excluding hydrogens is 386 g/mol. The van der Waals surface area contributed by atoms with E-state index >= 15 is 0 Å². The highest BCUT2D eigenvalue weighted by molar-refractivity contribution is 7.16. The number of hydrogen-bond acceptors (Lipinski definition) is 8. The molecule has 3 N–H and O–H groups in total. The van der Waals surface area contributed by atoms with Crippen LogP contribution in [0.1, 0.15) is 52.3 Å². The monoisotopic (exact) mass is 407 g/mol. The molecule has 1 heterocycles. The van der Waals surface area contributed by atoms with Crippen LogP contribution in [0.2, 0.25) is 0 Å². The molecule has 1 amide bonds. The Kier molecular flexibility index (Phi) is 7.00. The average Bonchev–Trinajstić information content (AvgIpc) is 3.04. The molecule has 0 saturated carbocycles. The second-order valence-corrected chi connectivity index (χ2v) is 7.18. The third-order valence-corrected chi connectivity index (χ3v) is 4.96. The number of aromatic hydroxyl groups is 2. The molecule has 9 heteroatoms. The van der Waals surface area contributed by atoms with Crippen LogP contribution in [-0.2, 0) is 14.3 Å². The molecule has 0 unspecified atom stereocenters. The van der Waals surface area contributed by atoms with Gasteiger partial charge in [0.25, 0.3) is 5.91 Å². The highest BCUT2D eigenvalue weighted by Gasteiger charge is 2.21. The van der Waals surface area contributed by atoms with Crippen molar-refractivity contribution in [2.45, 2.75) is 26.7 Å². The Morgan fingerprint density at radius 2 is 1.75 bits per heavy atom. The minimum Gasteiger partial charge on any atom is -0.508 e. The van der Waals surface area contributed by atoms with Gasteiger partial charge in [0.2, 0.25) is 0 Å². The largest absolute Gasteiger partial charge is 0.508 e. The maximum Gasteiger partial charge on any atom is 0.342 e. The van der Waals surface area contributed by atoms with Crippen LogP contribution < -0.4 is 5.32 Å². The van der Waals surface area contributed by atoms with E-state index in [1.54, 1.807) is 13.0 Å². The summed E-state index contributed by atoms with van der Waals surface area (Å²) in [6.07, 6.45) is 0. The van der Waals surface area contributed by atoms with Gasteiger partial charge < -0.3 is 25.0 Å². The van der Waals surface area contributed by atoms with Gasteiger partial charge in [-0.1, -0.05) is 13.8 Å². The molecule has 0 aliphatic carbocycles. The van der Waals surface area contributed by atoms with Gasteiger partial charge in [-0.2, -0.15) is 0 Å². The minimum atomic E-state index is -0.924. The third-order valence-electron chi connectivity index (χ3n) is 3.60. The molecule has 2 rings (SSSR count). The van der Waals surface area contributed by atoms with Crippen LogP contribution in [0.15, 0.2) is 24.3 Å². The number of hydrogen-bond donors (Lipinski definition) is 3. The molecule has 150 valence electrons. The zero-order chi connectivity index (χ0) is 20.8. The van der Waals surface area contributed by atoms with Gasteiger partial charge in [-0.3, -0.25) is 4.79 Å². The molecule has 0 radical (unpaired) electrons. The summed E-state index contributed by atoms with van der Waals surface area (Å²) in [6, 6.07) is 5.05. The number of esters is 2. The lowest BCUT2D eigenvalue weighted by molar-refractivity contribution is -0.119. The number of amides is 1. The van der Waals surface area contributed by atoms with E-state index < -0.39 is 30.2 Å². The summed E-state index contributed by atoms with van der Waals surface area (Å²) < 4.78 is 9.89. The van der Waals surface area contributed by atoms with Gasteiger partial charge in [-0.15, -0.1) is 11.3 Å². The highest BCUT2D eigenvalue weighted by atomic mass is 32.1. The van der Waals surface area contributed by atoms with Crippen molar-refractivity contribution in [3.63, 3.8) is 0 Å². The summed E-state index contributed by atoms with van der Waals surface area (Å²) in [5, 5.41) is 21.8. The van der Waals surface area contributed by atoms with Gasteiger partial charge in [0.15, 0.2) is 6.61 Å². The summed E-state index contributed by atoms with van der Waals surface area (Å²) >= 11 is 1.24. The first kappa shape index (κ1) is 21.2. The van der Waals surface area contributed by atoms with E-state index in [2.05, 4.69) is 5.32 Å². The minimum absolute atomic E-state index is 0.152. The van der Waals surface area contributed by atoms with Gasteiger partial charge in [0.05, 0.1) is 12.2 Å². The summed E-state index contributed by atoms with van der Waals surface area (Å²) in [5.41, 5.74) is 0.0578. The highest BCUT2D eigenvalue weighted by Crippen LogP contribution is 2.33. The molecule has 0 bridgehead atoms. The number of anilines is 1. The molecule has 28 heavy (non-hydrogen) atoms. The van der Waals surface area contributed by atoms with Crippen LogP contribution in [0.25, 0.3) is 0 Å². The Hall–Kier alpha value is -3.07. The zero-order valence-electron chi connectivity index (χ0n) is 15.6. The van der Waals surface area contributed by atoms with Crippen LogP contribution in [0.5, 0.6) is 11.5 Å². The molecule has 0 aliphatic heterocycles. The van der Waals surface area contributed by atoms with Gasteiger partial charge in [-0.05, 0) is 31.0 Å². The number of benzene rings is 1. The lowest BCUT2D eigenvalue weighted by Crippen LogP contribution is -2.21. The molecule has 1 aromatic heterocycles. The number of phenols is 2. The van der Waals surface area contributed by atoms with Gasteiger partial charge >= 0.3 is 11.9 Å². The maximum atomic E-state index is 12.2. The first-order valence-corrected chi connectivity index (χ1v) is 9.34. The fourth-order valence-electron chi connectivity index (χ4n) is 2.21. The normalized spacial score (nSPS) is 10.6. The van der Waals surface area contributed by atoms with Crippen molar-refractivity contribution in [3.05, 3.63) is 40.3 Å². The molecule has 0 spiro atoms. The second kappa shape index (κ2) is 9.23. The maximum absolute atomic E-state index is 12.2. The number of rotatable bonds is 7. The third kappa shape index (κ3) is 5.23. The Balaban J connectivity index is 2.06.